The normalized spacial score (nSPS) is 14.7. The third-order valence-electron chi connectivity index (χ3n) is 3.06. The van der Waals surface area contributed by atoms with Crippen LogP contribution >= 0.6 is 0 Å². The van der Waals surface area contributed by atoms with Crippen molar-refractivity contribution >= 4 is 30.7 Å². The molecule has 0 amide bonds. The first-order valence-electron chi connectivity index (χ1n) is 6.35. The average molecular weight is 416 g/mol. The van der Waals surface area contributed by atoms with E-state index < -0.39 is 84.8 Å². The SMILES string of the molecule is FC(F)(F)COC(c1c[c]([Na])cc(C(F)(F)F)c1)(C(F)(F)F)C(F)(F)F. The molecule has 0 radical (unpaired) electrons. The summed E-state index contributed by atoms with van der Waals surface area (Å²) >= 11 is -0.405. The first kappa shape index (κ1) is 23.4. The van der Waals surface area contributed by atoms with Gasteiger partial charge in [-0.1, -0.05) is 0 Å². The molecule has 0 aliphatic rings. The molecule has 0 atom stereocenters. The molecule has 1 aromatic carbocycles. The summed E-state index contributed by atoms with van der Waals surface area (Å²) in [5.74, 6) is 0. The van der Waals surface area contributed by atoms with Gasteiger partial charge in [0.05, 0.1) is 0 Å². The minimum atomic E-state index is -6.52. The summed E-state index contributed by atoms with van der Waals surface area (Å²) in [5, 5.41) is 0. The summed E-state index contributed by atoms with van der Waals surface area (Å²) in [7, 11) is 0. The van der Waals surface area contributed by atoms with E-state index in [9.17, 15) is 52.7 Å². The van der Waals surface area contributed by atoms with Gasteiger partial charge >= 0.3 is 154 Å². The molecular weight excluding hydrogens is 411 g/mol. The van der Waals surface area contributed by atoms with E-state index in [0.29, 0.717) is 6.07 Å². The van der Waals surface area contributed by atoms with E-state index in [2.05, 4.69) is 4.74 Å². The van der Waals surface area contributed by atoms with Gasteiger partial charge in [0.1, 0.15) is 0 Å². The second-order valence-corrected chi connectivity index (χ2v) is 6.32. The van der Waals surface area contributed by atoms with E-state index in [0.717, 1.165) is 0 Å². The Balaban J connectivity index is 3.78. The van der Waals surface area contributed by atoms with E-state index in [4.69, 9.17) is 0 Å². The first-order valence-corrected chi connectivity index (χ1v) is 7.35. The van der Waals surface area contributed by atoms with Crippen LogP contribution in [0.25, 0.3) is 0 Å². The van der Waals surface area contributed by atoms with Gasteiger partial charge in [0.15, 0.2) is 0 Å². The van der Waals surface area contributed by atoms with Crippen molar-refractivity contribution in [1.82, 2.24) is 0 Å². The number of halogens is 12. The standard InChI is InChI=1S/C12H5F12O.Na/c13-8(14,15)5-25-9(11(19,20)21,12(22,23)24)6-2-1-3-7(4-6)10(16,17)18;/h2-4H,5H2;. The van der Waals surface area contributed by atoms with Crippen LogP contribution in [0, 0.1) is 0 Å². The zero-order valence-corrected chi connectivity index (χ0v) is 14.4. The molecule has 0 bridgehead atoms. The van der Waals surface area contributed by atoms with Crippen molar-refractivity contribution in [2.24, 2.45) is 0 Å². The van der Waals surface area contributed by atoms with Crippen molar-refractivity contribution in [2.45, 2.75) is 30.3 Å². The third kappa shape index (κ3) is 4.98. The molecule has 26 heavy (non-hydrogen) atoms. The number of hydrogen-bond donors (Lipinski definition) is 0. The molecule has 1 aromatic rings. The molecular formula is C12H5F12NaO. The predicted molar refractivity (Wildman–Crippen MR) is 62.6 cm³/mol. The predicted octanol–water partition coefficient (Wildman–Crippen LogP) is 4.40. The molecule has 14 heteroatoms. The molecule has 0 aromatic heterocycles. The van der Waals surface area contributed by atoms with Crippen LogP contribution in [0.15, 0.2) is 18.2 Å². The van der Waals surface area contributed by atoms with Crippen LogP contribution in [0.2, 0.25) is 0 Å². The van der Waals surface area contributed by atoms with Crippen molar-refractivity contribution in [1.29, 1.82) is 0 Å². The summed E-state index contributed by atoms with van der Waals surface area (Å²) in [6, 6.07) is -0.117. The molecule has 1 rings (SSSR count). The monoisotopic (exact) mass is 416 g/mol. The number of benzene rings is 1. The van der Waals surface area contributed by atoms with Crippen LogP contribution in [-0.2, 0) is 16.5 Å². The van der Waals surface area contributed by atoms with Crippen molar-refractivity contribution < 1.29 is 57.4 Å². The molecule has 0 heterocycles. The van der Waals surface area contributed by atoms with E-state index in [1.165, 1.54) is 0 Å². The van der Waals surface area contributed by atoms with E-state index in [1.807, 2.05) is 0 Å². The van der Waals surface area contributed by atoms with Gasteiger partial charge in [0.2, 0.25) is 0 Å². The molecule has 0 aliphatic carbocycles. The Kier molecular flexibility index (Phi) is 6.35. The van der Waals surface area contributed by atoms with Crippen LogP contribution in [0.3, 0.4) is 0 Å². The van der Waals surface area contributed by atoms with Crippen molar-refractivity contribution in [3.8, 4) is 0 Å². The molecule has 0 unspecified atom stereocenters. The van der Waals surface area contributed by atoms with Crippen molar-refractivity contribution in [2.75, 3.05) is 6.61 Å². The van der Waals surface area contributed by atoms with Gasteiger partial charge < -0.3 is 0 Å². The Morgan fingerprint density at radius 3 is 1.46 bits per heavy atom. The minimum absolute atomic E-state index is 0.0960. The molecule has 144 valence electrons. The van der Waals surface area contributed by atoms with Gasteiger partial charge in [-0.25, -0.2) is 0 Å². The quantitative estimate of drug-likeness (QED) is 0.525. The van der Waals surface area contributed by atoms with Gasteiger partial charge in [-0.2, -0.15) is 0 Å². The molecule has 0 saturated carbocycles. The Bertz CT molecular complexity index is 626. The van der Waals surface area contributed by atoms with Crippen LogP contribution < -0.4 is 2.81 Å². The maximum atomic E-state index is 13.2. The molecule has 0 spiro atoms. The molecule has 0 aliphatic heterocycles. The van der Waals surface area contributed by atoms with Crippen LogP contribution in [0.4, 0.5) is 52.7 Å². The Hall–Kier alpha value is -0.660. The number of ether oxygens (including phenoxy) is 1. The molecule has 0 N–H and O–H groups in total. The van der Waals surface area contributed by atoms with E-state index in [-0.39, 0.29) is 6.07 Å². The second kappa shape index (κ2) is 7.06. The number of rotatable bonds is 3. The molecule has 0 saturated heterocycles. The zero-order valence-electron chi connectivity index (χ0n) is 12.4. The maximum absolute atomic E-state index is 13.2. The fourth-order valence-electron chi connectivity index (χ4n) is 2.08. The first-order chi connectivity index (χ1) is 11.3. The molecule has 1 nitrogen and oxygen atoms in total. The number of alkyl halides is 12. The summed E-state index contributed by atoms with van der Waals surface area (Å²) < 4.78 is 157. The fourth-order valence-corrected chi connectivity index (χ4v) is 2.70. The second-order valence-electron chi connectivity index (χ2n) is 5.17. The Labute approximate surface area is 154 Å². The van der Waals surface area contributed by atoms with Crippen molar-refractivity contribution in [3.05, 3.63) is 29.3 Å². The van der Waals surface area contributed by atoms with E-state index >= 15 is 0 Å². The number of hydrogen-bond acceptors (Lipinski definition) is 1. The summed E-state index contributed by atoms with van der Waals surface area (Å²) in [4.78, 5) is 0. The van der Waals surface area contributed by atoms with Gasteiger partial charge in [0, 0.05) is 0 Å². The van der Waals surface area contributed by atoms with Crippen molar-refractivity contribution in [3.63, 3.8) is 0 Å². The zero-order chi connectivity index (χ0) is 20.8. The fraction of sp³-hybridized carbons (Fsp3) is 0.500. The van der Waals surface area contributed by atoms with Gasteiger partial charge in [-0.05, 0) is 0 Å². The Morgan fingerprint density at radius 2 is 1.12 bits per heavy atom. The summed E-state index contributed by atoms with van der Waals surface area (Å²) in [6.07, 6.45) is -23.9. The topological polar surface area (TPSA) is 9.23 Å². The summed E-state index contributed by atoms with van der Waals surface area (Å²) in [6.45, 7) is -2.97. The van der Waals surface area contributed by atoms with E-state index in [1.54, 1.807) is 0 Å². The van der Waals surface area contributed by atoms with Crippen LogP contribution in [-0.4, -0.2) is 53.1 Å². The van der Waals surface area contributed by atoms with Crippen LogP contribution in [0.5, 0.6) is 0 Å². The Morgan fingerprint density at radius 1 is 0.692 bits per heavy atom. The third-order valence-corrected chi connectivity index (χ3v) is 3.64. The molecule has 0 fully saturated rings. The van der Waals surface area contributed by atoms with Gasteiger partial charge in [-0.3, -0.25) is 0 Å². The van der Waals surface area contributed by atoms with Gasteiger partial charge in [-0.15, -0.1) is 0 Å². The van der Waals surface area contributed by atoms with Gasteiger partial charge in [0.25, 0.3) is 0 Å². The van der Waals surface area contributed by atoms with Crippen LogP contribution in [0.1, 0.15) is 11.1 Å². The average Bonchev–Trinajstić information content (AvgIpc) is 2.32. The summed E-state index contributed by atoms with van der Waals surface area (Å²) in [5.41, 5.74) is -9.56.